The quantitative estimate of drug-likeness (QED) is 0.316. The van der Waals surface area contributed by atoms with Crippen molar-refractivity contribution in [2.24, 2.45) is 0 Å². The fourth-order valence-electron chi connectivity index (χ4n) is 3.65. The molecule has 0 aliphatic heterocycles. The summed E-state index contributed by atoms with van der Waals surface area (Å²) in [6, 6.07) is 8.27. The van der Waals surface area contributed by atoms with Crippen molar-refractivity contribution in [2.45, 2.75) is 38.8 Å². The number of benzene rings is 2. The molecule has 12 heteroatoms. The van der Waals surface area contributed by atoms with Crippen molar-refractivity contribution < 1.29 is 35.9 Å². The molecule has 0 saturated carbocycles. The van der Waals surface area contributed by atoms with E-state index in [4.69, 9.17) is 4.74 Å². The molecule has 1 atom stereocenters. The van der Waals surface area contributed by atoms with Crippen LogP contribution in [-0.2, 0) is 18.9 Å². The van der Waals surface area contributed by atoms with Crippen LogP contribution in [0.4, 0.5) is 26.3 Å². The van der Waals surface area contributed by atoms with E-state index in [0.717, 1.165) is 10.5 Å². The fourth-order valence-corrected chi connectivity index (χ4v) is 3.65. The van der Waals surface area contributed by atoms with Gasteiger partial charge < -0.3 is 14.5 Å². The Morgan fingerprint density at radius 3 is 2.08 bits per heavy atom. The average molecular weight is 555 g/mol. The average Bonchev–Trinajstić information content (AvgIpc) is 2.85. The Morgan fingerprint density at radius 1 is 0.949 bits per heavy atom. The van der Waals surface area contributed by atoms with Crippen LogP contribution in [0.25, 0.3) is 11.1 Å². The minimum Gasteiger partial charge on any atom is -0.462 e. The molecule has 0 fully saturated rings. The van der Waals surface area contributed by atoms with Crippen molar-refractivity contribution in [1.29, 1.82) is 0 Å². The highest BCUT2D eigenvalue weighted by Crippen LogP contribution is 2.36. The van der Waals surface area contributed by atoms with Gasteiger partial charge in [0.25, 0.3) is 5.91 Å². The lowest BCUT2D eigenvalue weighted by Gasteiger charge is -2.22. The van der Waals surface area contributed by atoms with Gasteiger partial charge in [-0.25, -0.2) is 4.98 Å². The molecule has 1 aromatic heterocycles. The van der Waals surface area contributed by atoms with Gasteiger partial charge in [0, 0.05) is 31.4 Å². The van der Waals surface area contributed by atoms with Crippen molar-refractivity contribution in [3.05, 3.63) is 76.6 Å². The van der Waals surface area contributed by atoms with E-state index in [-0.39, 0.29) is 36.0 Å². The zero-order chi connectivity index (χ0) is 29.1. The predicted molar refractivity (Wildman–Crippen MR) is 133 cm³/mol. The van der Waals surface area contributed by atoms with E-state index in [1.807, 2.05) is 38.9 Å². The second-order valence-electron chi connectivity index (χ2n) is 9.43. The summed E-state index contributed by atoms with van der Waals surface area (Å²) in [7, 11) is 4.99. The molecule has 0 saturated heterocycles. The van der Waals surface area contributed by atoms with Crippen molar-refractivity contribution in [2.75, 3.05) is 27.7 Å². The highest BCUT2D eigenvalue weighted by Gasteiger charge is 2.37. The monoisotopic (exact) mass is 554 g/mol. The Kier molecular flexibility index (Phi) is 8.89. The number of hydrogen-bond acceptors (Lipinski definition) is 5. The second kappa shape index (κ2) is 11.6. The van der Waals surface area contributed by atoms with Gasteiger partial charge in [-0.1, -0.05) is 24.3 Å². The maximum absolute atomic E-state index is 13.5. The molecule has 39 heavy (non-hydrogen) atoms. The highest BCUT2D eigenvalue weighted by molar-refractivity contribution is 5.99. The Bertz CT molecular complexity index is 1290. The number of amides is 1. The van der Waals surface area contributed by atoms with Crippen LogP contribution in [0, 0.1) is 6.92 Å². The molecule has 210 valence electrons. The van der Waals surface area contributed by atoms with Crippen molar-refractivity contribution >= 4 is 5.91 Å². The number of likely N-dealkylation sites (N-methyl/N-ethyl adjacent to an activating group) is 1. The number of alkyl halides is 6. The van der Waals surface area contributed by atoms with Gasteiger partial charge in [0.15, 0.2) is 0 Å². The van der Waals surface area contributed by atoms with E-state index in [1.54, 1.807) is 18.2 Å². The number of ether oxygens (including phenoxy) is 1. The van der Waals surface area contributed by atoms with Crippen molar-refractivity contribution in [3.63, 3.8) is 0 Å². The van der Waals surface area contributed by atoms with E-state index in [1.165, 1.54) is 13.2 Å². The molecule has 1 heterocycles. The van der Waals surface area contributed by atoms with E-state index >= 15 is 0 Å². The van der Waals surface area contributed by atoms with Gasteiger partial charge in [0.2, 0.25) is 0 Å². The molecule has 3 rings (SSSR count). The summed E-state index contributed by atoms with van der Waals surface area (Å²) in [5.74, 6) is -0.730. The second-order valence-corrected chi connectivity index (χ2v) is 9.43. The van der Waals surface area contributed by atoms with Gasteiger partial charge in [-0.3, -0.25) is 4.79 Å². The molecule has 0 aliphatic carbocycles. The SMILES string of the molecule is Cc1ccccc1-c1cnc(OCC(C)N(C)C)nc1C(=O)N(C)Cc1cc(C(F)(F)F)cc(C(F)(F)F)c1. The number of hydrogen-bond donors (Lipinski definition) is 0. The molecule has 0 radical (unpaired) electrons. The summed E-state index contributed by atoms with van der Waals surface area (Å²) >= 11 is 0. The molecule has 6 nitrogen and oxygen atoms in total. The molecule has 0 N–H and O–H groups in total. The summed E-state index contributed by atoms with van der Waals surface area (Å²) < 4.78 is 85.6. The minimum atomic E-state index is -5.00. The van der Waals surface area contributed by atoms with Crippen LogP contribution in [0.2, 0.25) is 0 Å². The molecule has 0 spiro atoms. The molecule has 1 unspecified atom stereocenters. The lowest BCUT2D eigenvalue weighted by atomic mass is 10.00. The summed E-state index contributed by atoms with van der Waals surface area (Å²) in [6.07, 6.45) is -8.59. The first-order valence-corrected chi connectivity index (χ1v) is 11.8. The van der Waals surface area contributed by atoms with E-state index in [0.29, 0.717) is 23.3 Å². The van der Waals surface area contributed by atoms with E-state index in [9.17, 15) is 31.1 Å². The summed E-state index contributed by atoms with van der Waals surface area (Å²) in [4.78, 5) is 25.0. The van der Waals surface area contributed by atoms with Crippen LogP contribution in [0.5, 0.6) is 6.01 Å². The van der Waals surface area contributed by atoms with E-state index in [2.05, 4.69) is 9.97 Å². The van der Waals surface area contributed by atoms with Crippen molar-refractivity contribution in [1.82, 2.24) is 19.8 Å². The third-order valence-electron chi connectivity index (χ3n) is 6.15. The number of nitrogens with zero attached hydrogens (tertiary/aromatic N) is 4. The molecule has 0 bridgehead atoms. The molecular weight excluding hydrogens is 526 g/mol. The first-order valence-electron chi connectivity index (χ1n) is 11.8. The summed E-state index contributed by atoms with van der Waals surface area (Å²) in [5.41, 5.74) is -1.56. The van der Waals surface area contributed by atoms with Gasteiger partial charge in [-0.05, 0) is 62.8 Å². The molecule has 0 aliphatic rings. The van der Waals surface area contributed by atoms with Crippen LogP contribution in [0.15, 0.2) is 48.7 Å². The Hall–Kier alpha value is -3.67. The predicted octanol–water partition coefficient (Wildman–Crippen LogP) is 6.09. The zero-order valence-corrected chi connectivity index (χ0v) is 22.0. The smallest absolute Gasteiger partial charge is 0.416 e. The Morgan fingerprint density at radius 2 is 1.54 bits per heavy atom. The molecule has 2 aromatic carbocycles. The van der Waals surface area contributed by atoms with Gasteiger partial charge in [-0.2, -0.15) is 31.3 Å². The van der Waals surface area contributed by atoms with Crippen LogP contribution in [0.1, 0.15) is 39.7 Å². The maximum Gasteiger partial charge on any atom is 0.416 e. The number of carbonyl (C=O) groups is 1. The normalized spacial score (nSPS) is 12.9. The van der Waals surface area contributed by atoms with E-state index < -0.39 is 35.9 Å². The Labute approximate surface area is 222 Å². The van der Waals surface area contributed by atoms with Crippen LogP contribution in [-0.4, -0.2) is 59.5 Å². The zero-order valence-electron chi connectivity index (χ0n) is 22.0. The number of carbonyl (C=O) groups excluding carboxylic acids is 1. The van der Waals surface area contributed by atoms with Crippen molar-refractivity contribution in [3.8, 4) is 17.1 Å². The topological polar surface area (TPSA) is 58.6 Å². The number of halogens is 6. The van der Waals surface area contributed by atoms with Crippen LogP contribution < -0.4 is 4.74 Å². The van der Waals surface area contributed by atoms with Crippen LogP contribution in [0.3, 0.4) is 0 Å². The Balaban J connectivity index is 2.01. The minimum absolute atomic E-state index is 0.00444. The summed E-state index contributed by atoms with van der Waals surface area (Å²) in [5, 5.41) is 0. The fraction of sp³-hybridized carbons (Fsp3) is 0.370. The standard InChI is InChI=1S/C27H28F6N4O2/c1-16-8-6-7-9-21(16)22-13-34-25(39-15-17(2)36(3)4)35-23(22)24(38)37(5)14-18-10-19(26(28,29)30)12-20(11-18)27(31,32)33/h6-13,17H,14-15H2,1-5H3. The first kappa shape index (κ1) is 29.9. The number of aryl methyl sites for hydroxylation is 1. The molecular formula is C27H28F6N4O2. The maximum atomic E-state index is 13.5. The van der Waals surface area contributed by atoms with Crippen LogP contribution >= 0.6 is 0 Å². The first-order chi connectivity index (χ1) is 18.1. The van der Waals surface area contributed by atoms with Gasteiger partial charge in [0.1, 0.15) is 12.3 Å². The highest BCUT2D eigenvalue weighted by atomic mass is 19.4. The number of rotatable bonds is 8. The molecule has 1 amide bonds. The van der Waals surface area contributed by atoms with Gasteiger partial charge >= 0.3 is 18.4 Å². The number of aromatic nitrogens is 2. The molecule has 3 aromatic rings. The lowest BCUT2D eigenvalue weighted by Crippen LogP contribution is -2.31. The third kappa shape index (κ3) is 7.47. The van der Waals surface area contributed by atoms with Gasteiger partial charge in [0.05, 0.1) is 11.1 Å². The largest absolute Gasteiger partial charge is 0.462 e. The third-order valence-corrected chi connectivity index (χ3v) is 6.15. The summed E-state index contributed by atoms with van der Waals surface area (Å²) in [6.45, 7) is 3.41. The lowest BCUT2D eigenvalue weighted by molar-refractivity contribution is -0.143. The van der Waals surface area contributed by atoms with Gasteiger partial charge in [-0.15, -0.1) is 0 Å².